The number of rotatable bonds is 10. The van der Waals surface area contributed by atoms with Gasteiger partial charge in [0.25, 0.3) is 5.91 Å². The molecule has 1 aliphatic carbocycles. The summed E-state index contributed by atoms with van der Waals surface area (Å²) in [6.45, 7) is 6.15. The molecule has 1 N–H and O–H groups in total. The van der Waals surface area contributed by atoms with Crippen LogP contribution in [0.5, 0.6) is 11.5 Å². The molecule has 2 aromatic rings. The molecule has 33 heavy (non-hydrogen) atoms. The van der Waals surface area contributed by atoms with E-state index in [1.165, 1.54) is 0 Å². The predicted octanol–water partition coefficient (Wildman–Crippen LogP) is 4.56. The standard InChI is InChI=1S/C27H36N2O4/c1-5-25(27(31)28-22-8-6-7-9-22)29(17-21-10-12-23(32-4)13-11-21)26(30)18-33-24-15-19(2)14-20(3)16-24/h10-16,22,25H,5-9,17-18H2,1-4H3,(H,28,31)/t25-/m0/s1. The second kappa shape index (κ2) is 11.7. The maximum atomic E-state index is 13.4. The first-order valence-corrected chi connectivity index (χ1v) is 11.8. The van der Waals surface area contributed by atoms with Crippen molar-refractivity contribution in [2.45, 2.75) is 71.5 Å². The first-order chi connectivity index (χ1) is 15.9. The van der Waals surface area contributed by atoms with Gasteiger partial charge in [0, 0.05) is 12.6 Å². The highest BCUT2D eigenvalue weighted by atomic mass is 16.5. The number of carbonyl (C=O) groups excluding carboxylic acids is 2. The van der Waals surface area contributed by atoms with Gasteiger partial charge in [0.2, 0.25) is 5.91 Å². The molecule has 0 aliphatic heterocycles. The van der Waals surface area contributed by atoms with Gasteiger partial charge < -0.3 is 19.7 Å². The number of hydrogen-bond acceptors (Lipinski definition) is 4. The summed E-state index contributed by atoms with van der Waals surface area (Å²) in [6.07, 6.45) is 4.82. The van der Waals surface area contributed by atoms with Crippen LogP contribution in [0.2, 0.25) is 0 Å². The highest BCUT2D eigenvalue weighted by Gasteiger charge is 2.30. The normalized spacial score (nSPS) is 14.5. The Morgan fingerprint density at radius 3 is 2.24 bits per heavy atom. The zero-order valence-electron chi connectivity index (χ0n) is 20.2. The molecule has 1 atom stereocenters. The molecule has 1 fully saturated rings. The average Bonchev–Trinajstić information content (AvgIpc) is 3.30. The van der Waals surface area contributed by atoms with Gasteiger partial charge in [-0.25, -0.2) is 0 Å². The third-order valence-electron chi connectivity index (χ3n) is 6.16. The number of benzene rings is 2. The molecule has 0 unspecified atom stereocenters. The van der Waals surface area contributed by atoms with Gasteiger partial charge in [0.15, 0.2) is 6.61 Å². The molecule has 2 aromatic carbocycles. The average molecular weight is 453 g/mol. The van der Waals surface area contributed by atoms with Crippen LogP contribution < -0.4 is 14.8 Å². The van der Waals surface area contributed by atoms with Crippen molar-refractivity contribution in [3.63, 3.8) is 0 Å². The molecule has 0 radical (unpaired) electrons. The smallest absolute Gasteiger partial charge is 0.261 e. The number of aryl methyl sites for hydroxylation is 2. The molecule has 6 heteroatoms. The maximum Gasteiger partial charge on any atom is 0.261 e. The van der Waals surface area contributed by atoms with Crippen molar-refractivity contribution in [3.8, 4) is 11.5 Å². The molecular weight excluding hydrogens is 416 g/mol. The molecule has 178 valence electrons. The van der Waals surface area contributed by atoms with Crippen molar-refractivity contribution in [2.24, 2.45) is 0 Å². The number of amides is 2. The van der Waals surface area contributed by atoms with Crippen LogP contribution in [0.25, 0.3) is 0 Å². The van der Waals surface area contributed by atoms with Crippen LogP contribution in [0.3, 0.4) is 0 Å². The summed E-state index contributed by atoms with van der Waals surface area (Å²) in [6, 6.07) is 13.1. The van der Waals surface area contributed by atoms with Gasteiger partial charge in [0.05, 0.1) is 7.11 Å². The fraction of sp³-hybridized carbons (Fsp3) is 0.481. The van der Waals surface area contributed by atoms with Gasteiger partial charge in [-0.05, 0) is 74.1 Å². The summed E-state index contributed by atoms with van der Waals surface area (Å²) < 4.78 is 11.1. The first kappa shape index (κ1) is 24.6. The Hall–Kier alpha value is -3.02. The maximum absolute atomic E-state index is 13.4. The number of hydrogen-bond donors (Lipinski definition) is 1. The van der Waals surface area contributed by atoms with Crippen LogP contribution in [0.15, 0.2) is 42.5 Å². The fourth-order valence-corrected chi connectivity index (χ4v) is 4.46. The minimum absolute atomic E-state index is 0.0855. The zero-order valence-corrected chi connectivity index (χ0v) is 20.2. The van der Waals surface area contributed by atoms with Gasteiger partial charge in [-0.2, -0.15) is 0 Å². The molecule has 0 heterocycles. The molecule has 0 aromatic heterocycles. The van der Waals surface area contributed by atoms with E-state index < -0.39 is 6.04 Å². The molecule has 1 aliphatic rings. The lowest BCUT2D eigenvalue weighted by Gasteiger charge is -2.31. The molecule has 3 rings (SSSR count). The number of methoxy groups -OCH3 is 1. The number of carbonyl (C=O) groups is 2. The quantitative estimate of drug-likeness (QED) is 0.574. The van der Waals surface area contributed by atoms with E-state index in [1.54, 1.807) is 12.0 Å². The number of nitrogens with zero attached hydrogens (tertiary/aromatic N) is 1. The van der Waals surface area contributed by atoms with Crippen LogP contribution in [0.1, 0.15) is 55.7 Å². The Bertz CT molecular complexity index is 915. The molecule has 0 spiro atoms. The van der Waals surface area contributed by atoms with Crippen LogP contribution in [-0.4, -0.2) is 42.5 Å². The van der Waals surface area contributed by atoms with Gasteiger partial charge in [-0.3, -0.25) is 9.59 Å². The topological polar surface area (TPSA) is 67.9 Å². The van der Waals surface area contributed by atoms with Crippen LogP contribution >= 0.6 is 0 Å². The predicted molar refractivity (Wildman–Crippen MR) is 129 cm³/mol. The third kappa shape index (κ3) is 6.98. The van der Waals surface area contributed by atoms with E-state index in [9.17, 15) is 9.59 Å². The van der Waals surface area contributed by atoms with Crippen LogP contribution in [0.4, 0.5) is 0 Å². The van der Waals surface area contributed by atoms with Crippen molar-refractivity contribution in [1.82, 2.24) is 10.2 Å². The van der Waals surface area contributed by atoms with E-state index in [0.29, 0.717) is 18.7 Å². The summed E-state index contributed by atoms with van der Waals surface area (Å²) >= 11 is 0. The lowest BCUT2D eigenvalue weighted by atomic mass is 10.1. The van der Waals surface area contributed by atoms with Gasteiger partial charge in [-0.15, -0.1) is 0 Å². The van der Waals surface area contributed by atoms with E-state index in [2.05, 4.69) is 11.4 Å². The SMILES string of the molecule is CC[C@@H](C(=O)NC1CCCC1)N(Cc1ccc(OC)cc1)C(=O)COc1cc(C)cc(C)c1. The molecule has 0 saturated heterocycles. The minimum Gasteiger partial charge on any atom is -0.497 e. The van der Waals surface area contributed by atoms with Crippen molar-refractivity contribution in [1.29, 1.82) is 0 Å². The van der Waals surface area contributed by atoms with E-state index in [4.69, 9.17) is 9.47 Å². The van der Waals surface area contributed by atoms with Crippen molar-refractivity contribution in [2.75, 3.05) is 13.7 Å². The second-order valence-electron chi connectivity index (χ2n) is 8.90. The van der Waals surface area contributed by atoms with Crippen molar-refractivity contribution >= 4 is 11.8 Å². The fourth-order valence-electron chi connectivity index (χ4n) is 4.46. The molecule has 0 bridgehead atoms. The first-order valence-electron chi connectivity index (χ1n) is 11.8. The Morgan fingerprint density at radius 1 is 1.03 bits per heavy atom. The van der Waals surface area contributed by atoms with Gasteiger partial charge in [0.1, 0.15) is 17.5 Å². The number of nitrogens with one attached hydrogen (secondary N) is 1. The van der Waals surface area contributed by atoms with Crippen LogP contribution in [0, 0.1) is 13.8 Å². The summed E-state index contributed by atoms with van der Waals surface area (Å²) in [7, 11) is 1.62. The van der Waals surface area contributed by atoms with E-state index in [-0.39, 0.29) is 24.5 Å². The largest absolute Gasteiger partial charge is 0.497 e. The Balaban J connectivity index is 1.77. The zero-order chi connectivity index (χ0) is 23.8. The van der Waals surface area contributed by atoms with E-state index >= 15 is 0 Å². The highest BCUT2D eigenvalue weighted by molar-refractivity contribution is 5.88. The second-order valence-corrected chi connectivity index (χ2v) is 8.90. The summed E-state index contributed by atoms with van der Waals surface area (Å²) in [4.78, 5) is 28.2. The Labute approximate surface area is 197 Å². The number of ether oxygens (including phenoxy) is 2. The highest BCUT2D eigenvalue weighted by Crippen LogP contribution is 2.21. The Kier molecular flexibility index (Phi) is 8.75. The van der Waals surface area contributed by atoms with Gasteiger partial charge in [-0.1, -0.05) is 38.0 Å². The van der Waals surface area contributed by atoms with Crippen molar-refractivity contribution in [3.05, 3.63) is 59.2 Å². The third-order valence-corrected chi connectivity index (χ3v) is 6.16. The molecule has 1 saturated carbocycles. The molecule has 2 amide bonds. The van der Waals surface area contributed by atoms with Crippen molar-refractivity contribution < 1.29 is 19.1 Å². The van der Waals surface area contributed by atoms with Crippen LogP contribution in [-0.2, 0) is 16.1 Å². The lowest BCUT2D eigenvalue weighted by molar-refractivity contribution is -0.143. The molecular formula is C27H36N2O4. The summed E-state index contributed by atoms with van der Waals surface area (Å²) in [5.41, 5.74) is 3.09. The van der Waals surface area contributed by atoms with E-state index in [0.717, 1.165) is 48.1 Å². The molecule has 6 nitrogen and oxygen atoms in total. The monoisotopic (exact) mass is 452 g/mol. The minimum atomic E-state index is -0.553. The Morgan fingerprint density at radius 2 is 1.67 bits per heavy atom. The van der Waals surface area contributed by atoms with Gasteiger partial charge >= 0.3 is 0 Å². The summed E-state index contributed by atoms with van der Waals surface area (Å²) in [5, 5.41) is 3.16. The summed E-state index contributed by atoms with van der Waals surface area (Å²) in [5.74, 6) is 1.12. The van der Waals surface area contributed by atoms with E-state index in [1.807, 2.05) is 57.2 Å². The lowest BCUT2D eigenvalue weighted by Crippen LogP contribution is -2.52.